The van der Waals surface area contributed by atoms with Crippen molar-refractivity contribution in [3.05, 3.63) is 41.7 Å². The number of allylic oxidation sites excluding steroid dienone is 1. The maximum Gasteiger partial charge on any atom is 0.268 e. The van der Waals surface area contributed by atoms with Crippen LogP contribution >= 0.6 is 11.3 Å². The molecule has 0 unspecified atom stereocenters. The van der Waals surface area contributed by atoms with E-state index in [2.05, 4.69) is 11.6 Å². The molecule has 0 atom stereocenters. The number of hydrogen-bond acceptors (Lipinski definition) is 4. The molecule has 1 fully saturated rings. The minimum Gasteiger partial charge on any atom is -0.313 e. The fourth-order valence-electron chi connectivity index (χ4n) is 2.49. The lowest BCUT2D eigenvalue weighted by atomic mass is 10.3. The Balaban J connectivity index is 1.95. The number of thiazole rings is 1. The molecule has 6 nitrogen and oxygen atoms in total. The number of likely N-dealkylation sites (tertiary alicyclic amines) is 1. The molecule has 7 heteroatoms. The number of nitrogens with zero attached hydrogens (tertiary/aromatic N) is 3. The largest absolute Gasteiger partial charge is 0.313 e. The van der Waals surface area contributed by atoms with E-state index in [-0.39, 0.29) is 31.2 Å². The second-order valence-corrected chi connectivity index (χ2v) is 6.14. The first-order valence-electron chi connectivity index (χ1n) is 7.20. The number of hydrogen-bond donors (Lipinski definition) is 0. The zero-order valence-electron chi connectivity index (χ0n) is 12.4. The number of amides is 3. The van der Waals surface area contributed by atoms with Gasteiger partial charge in [0.2, 0.25) is 11.8 Å². The molecule has 0 N–H and O–H groups in total. The maximum absolute atomic E-state index is 12.1. The second kappa shape index (κ2) is 6.29. The monoisotopic (exact) mass is 329 g/mol. The summed E-state index contributed by atoms with van der Waals surface area (Å²) in [7, 11) is 0. The van der Waals surface area contributed by atoms with E-state index in [9.17, 15) is 14.4 Å². The Morgan fingerprint density at radius 1 is 1.26 bits per heavy atom. The van der Waals surface area contributed by atoms with Crippen LogP contribution in [-0.2, 0) is 20.9 Å². The molecular weight excluding hydrogens is 314 g/mol. The summed E-state index contributed by atoms with van der Waals surface area (Å²) in [6, 6.07) is 7.75. The van der Waals surface area contributed by atoms with Crippen LogP contribution in [0, 0.1) is 0 Å². The van der Waals surface area contributed by atoms with Crippen LogP contribution < -0.4 is 4.80 Å². The van der Waals surface area contributed by atoms with Crippen molar-refractivity contribution < 1.29 is 14.4 Å². The lowest BCUT2D eigenvalue weighted by Crippen LogP contribution is -2.34. The molecule has 2 aromatic rings. The Bertz CT molecular complexity index is 862. The van der Waals surface area contributed by atoms with Gasteiger partial charge in [-0.2, -0.15) is 4.99 Å². The fraction of sp³-hybridized carbons (Fsp3) is 0.250. The number of rotatable bonds is 4. The van der Waals surface area contributed by atoms with E-state index in [0.29, 0.717) is 11.3 Å². The van der Waals surface area contributed by atoms with Crippen LogP contribution in [0.3, 0.4) is 0 Å². The molecule has 1 aliphatic heterocycles. The number of benzene rings is 1. The van der Waals surface area contributed by atoms with Gasteiger partial charge in [0, 0.05) is 19.4 Å². The van der Waals surface area contributed by atoms with Crippen molar-refractivity contribution in [1.82, 2.24) is 9.47 Å². The summed E-state index contributed by atoms with van der Waals surface area (Å²) >= 11 is 1.39. The Labute approximate surface area is 136 Å². The molecule has 0 spiro atoms. The third-order valence-corrected chi connectivity index (χ3v) is 4.63. The van der Waals surface area contributed by atoms with Crippen LogP contribution in [0.1, 0.15) is 12.8 Å². The van der Waals surface area contributed by atoms with Crippen LogP contribution in [0.4, 0.5) is 0 Å². The van der Waals surface area contributed by atoms with Gasteiger partial charge in [0.25, 0.3) is 5.91 Å². The lowest BCUT2D eigenvalue weighted by molar-refractivity contribution is -0.141. The second-order valence-electron chi connectivity index (χ2n) is 5.13. The zero-order chi connectivity index (χ0) is 16.4. The smallest absolute Gasteiger partial charge is 0.268 e. The number of carbonyl (C=O) groups excluding carboxylic acids is 3. The molecule has 3 rings (SSSR count). The molecule has 3 amide bonds. The number of carbonyl (C=O) groups is 3. The van der Waals surface area contributed by atoms with E-state index in [1.54, 1.807) is 6.08 Å². The molecule has 2 heterocycles. The molecule has 118 valence electrons. The van der Waals surface area contributed by atoms with E-state index in [4.69, 9.17) is 0 Å². The summed E-state index contributed by atoms with van der Waals surface area (Å²) in [6.45, 7) is 3.96. The molecule has 23 heavy (non-hydrogen) atoms. The van der Waals surface area contributed by atoms with E-state index in [1.807, 2.05) is 28.8 Å². The number of para-hydroxylation sites is 1. The molecule has 1 aliphatic rings. The van der Waals surface area contributed by atoms with Gasteiger partial charge in [-0.05, 0) is 12.1 Å². The molecule has 1 aromatic heterocycles. The van der Waals surface area contributed by atoms with Gasteiger partial charge in [0.1, 0.15) is 6.54 Å². The van der Waals surface area contributed by atoms with Crippen molar-refractivity contribution in [3.8, 4) is 0 Å². The van der Waals surface area contributed by atoms with Gasteiger partial charge < -0.3 is 4.57 Å². The Morgan fingerprint density at radius 2 is 1.96 bits per heavy atom. The molecule has 1 saturated heterocycles. The van der Waals surface area contributed by atoms with E-state index >= 15 is 0 Å². The van der Waals surface area contributed by atoms with Crippen LogP contribution in [0.2, 0.25) is 0 Å². The third kappa shape index (κ3) is 3.00. The minimum atomic E-state index is -0.502. The highest BCUT2D eigenvalue weighted by atomic mass is 32.1. The number of fused-ring (bicyclic) bond motifs is 1. The van der Waals surface area contributed by atoms with E-state index in [1.165, 1.54) is 11.3 Å². The minimum absolute atomic E-state index is 0.172. The predicted molar refractivity (Wildman–Crippen MR) is 86.5 cm³/mol. The standard InChI is InChI=1S/C16H15N3O3S/c1-2-9-18-11-5-3-4-6-12(11)23-16(18)17-13(20)10-19-14(21)7-8-15(19)22/h2-6H,1,7-10H2. The Hall–Kier alpha value is -2.54. The Morgan fingerprint density at radius 3 is 2.65 bits per heavy atom. The topological polar surface area (TPSA) is 71.7 Å². The van der Waals surface area contributed by atoms with Gasteiger partial charge in [-0.15, -0.1) is 6.58 Å². The molecule has 0 bridgehead atoms. The maximum atomic E-state index is 12.1. The highest BCUT2D eigenvalue weighted by Crippen LogP contribution is 2.17. The van der Waals surface area contributed by atoms with Crippen molar-refractivity contribution in [2.24, 2.45) is 4.99 Å². The summed E-state index contributed by atoms with van der Waals surface area (Å²) in [5, 5.41) is 0. The average molecular weight is 329 g/mol. The van der Waals surface area contributed by atoms with Gasteiger partial charge in [0.05, 0.1) is 10.2 Å². The summed E-state index contributed by atoms with van der Waals surface area (Å²) in [4.78, 5) is 40.9. The van der Waals surface area contributed by atoms with Crippen LogP contribution in [0.25, 0.3) is 10.2 Å². The average Bonchev–Trinajstić information content (AvgIpc) is 3.03. The summed E-state index contributed by atoms with van der Waals surface area (Å²) in [5.41, 5.74) is 0.970. The lowest BCUT2D eigenvalue weighted by Gasteiger charge is -2.10. The molecule has 0 aliphatic carbocycles. The quantitative estimate of drug-likeness (QED) is 0.630. The van der Waals surface area contributed by atoms with Gasteiger partial charge in [-0.3, -0.25) is 19.3 Å². The van der Waals surface area contributed by atoms with Crippen molar-refractivity contribution >= 4 is 39.3 Å². The zero-order valence-corrected chi connectivity index (χ0v) is 13.2. The highest BCUT2D eigenvalue weighted by Gasteiger charge is 2.30. The normalized spacial score (nSPS) is 15.7. The number of imide groups is 1. The summed E-state index contributed by atoms with van der Waals surface area (Å²) < 4.78 is 2.90. The van der Waals surface area contributed by atoms with Crippen molar-refractivity contribution in [1.29, 1.82) is 0 Å². The van der Waals surface area contributed by atoms with Gasteiger partial charge in [-0.1, -0.05) is 29.5 Å². The van der Waals surface area contributed by atoms with Crippen LogP contribution in [-0.4, -0.2) is 33.7 Å². The first-order valence-corrected chi connectivity index (χ1v) is 8.02. The van der Waals surface area contributed by atoms with Gasteiger partial charge in [0.15, 0.2) is 4.80 Å². The first kappa shape index (κ1) is 15.4. The van der Waals surface area contributed by atoms with Crippen molar-refractivity contribution in [2.75, 3.05) is 6.54 Å². The SMILES string of the molecule is C=CCn1c(=NC(=O)CN2C(=O)CCC2=O)sc2ccccc21. The Kier molecular flexibility index (Phi) is 4.20. The van der Waals surface area contributed by atoms with Crippen LogP contribution in [0.15, 0.2) is 41.9 Å². The highest BCUT2D eigenvalue weighted by molar-refractivity contribution is 7.16. The van der Waals surface area contributed by atoms with E-state index in [0.717, 1.165) is 15.1 Å². The molecule has 0 saturated carbocycles. The van der Waals surface area contributed by atoms with Crippen LogP contribution in [0.5, 0.6) is 0 Å². The third-order valence-electron chi connectivity index (χ3n) is 3.57. The van der Waals surface area contributed by atoms with Gasteiger partial charge >= 0.3 is 0 Å². The molecule has 0 radical (unpaired) electrons. The first-order chi connectivity index (χ1) is 11.1. The molecular formula is C16H15N3O3S. The summed E-state index contributed by atoms with van der Waals surface area (Å²) in [6.07, 6.45) is 2.08. The van der Waals surface area contributed by atoms with E-state index < -0.39 is 5.91 Å². The summed E-state index contributed by atoms with van der Waals surface area (Å²) in [5.74, 6) is -1.12. The van der Waals surface area contributed by atoms with Gasteiger partial charge in [-0.25, -0.2) is 0 Å². The fourth-order valence-corrected chi connectivity index (χ4v) is 3.54. The number of aromatic nitrogens is 1. The van der Waals surface area contributed by atoms with Crippen molar-refractivity contribution in [2.45, 2.75) is 19.4 Å². The molecule has 1 aromatic carbocycles. The van der Waals surface area contributed by atoms with Crippen molar-refractivity contribution in [3.63, 3.8) is 0 Å². The predicted octanol–water partition coefficient (Wildman–Crippen LogP) is 1.47.